The maximum Gasteiger partial charge on any atom is 0.340 e. The summed E-state index contributed by atoms with van der Waals surface area (Å²) in [4.78, 5) is 17.3. The van der Waals surface area contributed by atoms with Gasteiger partial charge >= 0.3 is 5.69 Å². The highest BCUT2D eigenvalue weighted by molar-refractivity contribution is 14.1. The molecule has 0 saturated heterocycles. The Balaban J connectivity index is 2.24. The average Bonchev–Trinajstić information content (AvgIpc) is 2.64. The average molecular weight is 291 g/mol. The number of aromatic amines is 2. The third-order valence-corrected chi connectivity index (χ3v) is 2.43. The van der Waals surface area contributed by atoms with Crippen molar-refractivity contribution in [3.05, 3.63) is 32.5 Å². The molecule has 2 aromatic rings. The number of H-pyrrole nitrogens is 2. The van der Waals surface area contributed by atoms with Gasteiger partial charge in [0.25, 0.3) is 0 Å². The van der Waals surface area contributed by atoms with E-state index in [1.165, 1.54) is 0 Å². The zero-order chi connectivity index (χ0) is 9.26. The quantitative estimate of drug-likeness (QED) is 0.761. The Bertz CT molecular complexity index is 455. The van der Waals surface area contributed by atoms with E-state index in [-0.39, 0.29) is 5.69 Å². The van der Waals surface area contributed by atoms with Crippen LogP contribution in [0.2, 0.25) is 0 Å². The number of hydrogen-bond donors (Lipinski definition) is 2. The van der Waals surface area contributed by atoms with Crippen molar-refractivity contribution in [2.24, 2.45) is 0 Å². The molecule has 0 amide bonds. The number of aromatic nitrogens is 5. The van der Waals surface area contributed by atoms with Gasteiger partial charge in [0.05, 0.1) is 6.54 Å². The Morgan fingerprint density at radius 2 is 2.46 bits per heavy atom. The molecule has 0 radical (unpaired) electrons. The molecule has 0 aliphatic rings. The van der Waals surface area contributed by atoms with Gasteiger partial charge in [-0.2, -0.15) is 5.10 Å². The Hall–Kier alpha value is -1.12. The fourth-order valence-corrected chi connectivity index (χ4v) is 1.46. The van der Waals surface area contributed by atoms with E-state index in [4.69, 9.17) is 0 Å². The summed E-state index contributed by atoms with van der Waals surface area (Å²) in [6.45, 7) is 0.525. The first-order valence-electron chi connectivity index (χ1n) is 3.56. The molecule has 0 bridgehead atoms. The summed E-state index contributed by atoms with van der Waals surface area (Å²) >= 11 is 2.11. The summed E-state index contributed by atoms with van der Waals surface area (Å²) in [5.41, 5.74) is -0.287. The molecule has 2 rings (SSSR count). The molecule has 68 valence electrons. The first-order valence-corrected chi connectivity index (χ1v) is 4.64. The minimum Gasteiger partial charge on any atom is -0.319 e. The number of imidazole rings is 1. The zero-order valence-electron chi connectivity index (χ0n) is 6.49. The zero-order valence-corrected chi connectivity index (χ0v) is 8.65. The van der Waals surface area contributed by atoms with Crippen LogP contribution in [-0.4, -0.2) is 24.7 Å². The summed E-state index contributed by atoms with van der Waals surface area (Å²) in [6.07, 6.45) is 3.53. The molecule has 6 nitrogen and oxygen atoms in total. The lowest BCUT2D eigenvalue weighted by Gasteiger charge is -1.98. The summed E-state index contributed by atoms with van der Waals surface area (Å²) < 4.78 is 2.74. The third kappa shape index (κ3) is 1.79. The molecule has 0 spiro atoms. The Morgan fingerprint density at radius 1 is 1.62 bits per heavy atom. The van der Waals surface area contributed by atoms with Crippen molar-refractivity contribution >= 4 is 22.6 Å². The molecule has 0 atom stereocenters. The van der Waals surface area contributed by atoms with Crippen molar-refractivity contribution < 1.29 is 0 Å². The normalized spacial score (nSPS) is 10.5. The second-order valence-electron chi connectivity index (χ2n) is 2.45. The molecule has 7 heteroatoms. The summed E-state index contributed by atoms with van der Waals surface area (Å²) in [5, 5.41) is 6.09. The molecule has 0 aromatic carbocycles. The molecule has 2 aromatic heterocycles. The van der Waals surface area contributed by atoms with Crippen LogP contribution in [-0.2, 0) is 6.54 Å². The van der Waals surface area contributed by atoms with E-state index in [1.807, 2.05) is 10.8 Å². The minimum atomic E-state index is -0.287. The van der Waals surface area contributed by atoms with Crippen molar-refractivity contribution in [1.29, 1.82) is 0 Å². The van der Waals surface area contributed by atoms with Gasteiger partial charge in [-0.15, -0.1) is 0 Å². The van der Waals surface area contributed by atoms with E-state index in [0.717, 1.165) is 3.83 Å². The van der Waals surface area contributed by atoms with Gasteiger partial charge in [0.15, 0.2) is 9.66 Å². The molecule has 2 N–H and O–H groups in total. The smallest absolute Gasteiger partial charge is 0.319 e. The second-order valence-corrected chi connectivity index (χ2v) is 3.41. The Labute approximate surface area is 86.5 Å². The maximum atomic E-state index is 10.7. The van der Waals surface area contributed by atoms with Gasteiger partial charge in [-0.3, -0.25) is 4.98 Å². The predicted octanol–water partition coefficient (Wildman–Crippen LogP) is -0.0526. The lowest BCUT2D eigenvalue weighted by atomic mass is 10.6. The maximum absolute atomic E-state index is 10.7. The molecule has 2 heterocycles. The molecular formula is C6H6IN5O. The van der Waals surface area contributed by atoms with E-state index in [0.29, 0.717) is 12.4 Å². The monoisotopic (exact) mass is 291 g/mol. The number of nitrogens with one attached hydrogen (secondary N) is 2. The topological polar surface area (TPSA) is 79.4 Å². The van der Waals surface area contributed by atoms with Crippen molar-refractivity contribution in [2.75, 3.05) is 0 Å². The van der Waals surface area contributed by atoms with Crippen LogP contribution < -0.4 is 5.69 Å². The number of nitrogens with zero attached hydrogens (tertiary/aromatic N) is 3. The minimum absolute atomic E-state index is 0.287. The fraction of sp³-hybridized carbons (Fsp3) is 0.167. The summed E-state index contributed by atoms with van der Waals surface area (Å²) in [7, 11) is 0. The van der Waals surface area contributed by atoms with Crippen LogP contribution in [0.25, 0.3) is 0 Å². The highest BCUT2D eigenvalue weighted by atomic mass is 127. The van der Waals surface area contributed by atoms with Crippen molar-refractivity contribution in [3.63, 3.8) is 0 Å². The fourth-order valence-electron chi connectivity index (χ4n) is 0.970. The molecule has 0 fully saturated rings. The van der Waals surface area contributed by atoms with Gasteiger partial charge in [-0.25, -0.2) is 14.9 Å². The van der Waals surface area contributed by atoms with Crippen molar-refractivity contribution in [1.82, 2.24) is 24.7 Å². The summed E-state index contributed by atoms with van der Waals surface area (Å²) in [6, 6.07) is 0. The van der Waals surface area contributed by atoms with Gasteiger partial charge in [-0.1, -0.05) is 0 Å². The van der Waals surface area contributed by atoms with Crippen LogP contribution in [0.15, 0.2) is 17.2 Å². The van der Waals surface area contributed by atoms with E-state index in [2.05, 4.69) is 42.8 Å². The van der Waals surface area contributed by atoms with Gasteiger partial charge in [0.2, 0.25) is 0 Å². The van der Waals surface area contributed by atoms with E-state index in [9.17, 15) is 4.79 Å². The van der Waals surface area contributed by atoms with Crippen molar-refractivity contribution in [2.45, 2.75) is 6.54 Å². The SMILES string of the molecule is O=c1[nH]nc(Cn2ccnc2I)[nH]1. The molecule has 0 aliphatic carbocycles. The van der Waals surface area contributed by atoms with Crippen LogP contribution in [0.3, 0.4) is 0 Å². The van der Waals surface area contributed by atoms with E-state index >= 15 is 0 Å². The van der Waals surface area contributed by atoms with Gasteiger partial charge in [-0.05, 0) is 22.6 Å². The van der Waals surface area contributed by atoms with Crippen molar-refractivity contribution in [3.8, 4) is 0 Å². The van der Waals surface area contributed by atoms with Gasteiger partial charge < -0.3 is 4.57 Å². The standard InChI is InChI=1S/C6H6IN5O/c7-5-8-1-2-12(5)3-4-9-6(13)11-10-4/h1-2H,3H2,(H2,9,10,11,13). The molecule has 13 heavy (non-hydrogen) atoms. The molecular weight excluding hydrogens is 285 g/mol. The Morgan fingerprint density at radius 3 is 3.00 bits per heavy atom. The first kappa shape index (κ1) is 8.48. The molecule has 0 unspecified atom stereocenters. The highest BCUT2D eigenvalue weighted by Gasteiger charge is 2.02. The predicted molar refractivity (Wildman–Crippen MR) is 53.3 cm³/mol. The number of halogens is 1. The molecule has 0 aliphatic heterocycles. The van der Waals surface area contributed by atoms with Crippen LogP contribution in [0.1, 0.15) is 5.82 Å². The van der Waals surface area contributed by atoms with Crippen LogP contribution in [0, 0.1) is 3.83 Å². The lowest BCUT2D eigenvalue weighted by Crippen LogP contribution is -2.05. The van der Waals surface area contributed by atoms with Crippen LogP contribution >= 0.6 is 22.6 Å². The summed E-state index contributed by atoms with van der Waals surface area (Å²) in [5.74, 6) is 0.598. The lowest BCUT2D eigenvalue weighted by molar-refractivity contribution is 0.727. The highest BCUT2D eigenvalue weighted by Crippen LogP contribution is 2.02. The third-order valence-electron chi connectivity index (χ3n) is 1.54. The van der Waals surface area contributed by atoms with Crippen LogP contribution in [0.4, 0.5) is 0 Å². The van der Waals surface area contributed by atoms with Gasteiger partial charge in [0, 0.05) is 12.4 Å². The Kier molecular flexibility index (Phi) is 2.17. The van der Waals surface area contributed by atoms with E-state index in [1.54, 1.807) is 6.20 Å². The number of hydrogen-bond acceptors (Lipinski definition) is 3. The number of rotatable bonds is 2. The first-order chi connectivity index (χ1) is 6.25. The van der Waals surface area contributed by atoms with Gasteiger partial charge in [0.1, 0.15) is 0 Å². The van der Waals surface area contributed by atoms with Crippen LogP contribution in [0.5, 0.6) is 0 Å². The molecule has 0 saturated carbocycles. The largest absolute Gasteiger partial charge is 0.340 e. The van der Waals surface area contributed by atoms with E-state index < -0.39 is 0 Å². The second kappa shape index (κ2) is 3.32.